The number of anilines is 1. The predicted molar refractivity (Wildman–Crippen MR) is 78.0 cm³/mol. The fourth-order valence-electron chi connectivity index (χ4n) is 1.85. The molecule has 1 unspecified atom stereocenters. The Morgan fingerprint density at radius 1 is 1.10 bits per heavy atom. The molecule has 0 saturated carbocycles. The Hall–Kier alpha value is -1.59. The number of nitrogens with one attached hydrogen (secondary N) is 1. The number of aliphatic hydroxyl groups excluding tert-OH is 1. The summed E-state index contributed by atoms with van der Waals surface area (Å²) in [7, 11) is 0. The summed E-state index contributed by atoms with van der Waals surface area (Å²) in [6.45, 7) is 0.0382. The quantitative estimate of drug-likeness (QED) is 0.822. The van der Waals surface area contributed by atoms with Gasteiger partial charge in [-0.2, -0.15) is 0 Å². The molecule has 2 aromatic carbocycles. The molecule has 0 aromatic heterocycles. The van der Waals surface area contributed by atoms with E-state index < -0.39 is 17.7 Å². The molecular formula is C15H15F2NOS. The molecule has 0 saturated heterocycles. The fraction of sp³-hybridized carbons (Fsp3) is 0.200. The van der Waals surface area contributed by atoms with Gasteiger partial charge in [-0.25, -0.2) is 8.78 Å². The molecule has 1 atom stereocenters. The SMILES string of the molecule is CSc1ccc(NCC(O)c2c(F)cccc2F)cc1. The Morgan fingerprint density at radius 2 is 1.70 bits per heavy atom. The molecule has 2 N–H and O–H groups in total. The Morgan fingerprint density at radius 3 is 2.25 bits per heavy atom. The number of hydrogen-bond donors (Lipinski definition) is 2. The molecule has 0 fully saturated rings. The summed E-state index contributed by atoms with van der Waals surface area (Å²) < 4.78 is 27.0. The predicted octanol–water partition coefficient (Wildman–Crippen LogP) is 3.83. The first-order valence-corrected chi connectivity index (χ1v) is 7.34. The molecule has 2 rings (SSSR count). The molecule has 5 heteroatoms. The highest BCUT2D eigenvalue weighted by atomic mass is 32.2. The number of benzene rings is 2. The summed E-state index contributed by atoms with van der Waals surface area (Å²) in [5.41, 5.74) is 0.485. The van der Waals surface area contributed by atoms with Crippen LogP contribution in [-0.2, 0) is 0 Å². The van der Waals surface area contributed by atoms with Gasteiger partial charge in [-0.1, -0.05) is 6.07 Å². The van der Waals surface area contributed by atoms with E-state index in [0.29, 0.717) is 0 Å². The standard InChI is InChI=1S/C15H15F2NOS/c1-20-11-7-5-10(6-8-11)18-9-14(19)15-12(16)3-2-4-13(15)17/h2-8,14,18-19H,9H2,1H3. The average molecular weight is 295 g/mol. The van der Waals surface area contributed by atoms with Crippen molar-refractivity contribution in [2.75, 3.05) is 18.1 Å². The lowest BCUT2D eigenvalue weighted by Gasteiger charge is -2.14. The first-order chi connectivity index (χ1) is 9.61. The minimum atomic E-state index is -1.24. The number of aliphatic hydroxyl groups is 1. The lowest BCUT2D eigenvalue weighted by atomic mass is 10.1. The van der Waals surface area contributed by atoms with E-state index in [-0.39, 0.29) is 12.1 Å². The van der Waals surface area contributed by atoms with Crippen molar-refractivity contribution >= 4 is 17.4 Å². The molecule has 0 aliphatic rings. The van der Waals surface area contributed by atoms with E-state index in [1.807, 2.05) is 30.5 Å². The second kappa shape index (κ2) is 6.72. The van der Waals surface area contributed by atoms with Crippen LogP contribution in [0.15, 0.2) is 47.4 Å². The first kappa shape index (κ1) is 14.8. The first-order valence-electron chi connectivity index (χ1n) is 6.11. The maximum Gasteiger partial charge on any atom is 0.132 e. The van der Waals surface area contributed by atoms with Gasteiger partial charge in [-0.3, -0.25) is 0 Å². The molecule has 0 aliphatic carbocycles. The maximum absolute atomic E-state index is 13.5. The lowest BCUT2D eigenvalue weighted by molar-refractivity contribution is 0.181. The lowest BCUT2D eigenvalue weighted by Crippen LogP contribution is -2.15. The van der Waals surface area contributed by atoms with Crippen LogP contribution in [0.5, 0.6) is 0 Å². The van der Waals surface area contributed by atoms with E-state index in [1.54, 1.807) is 11.8 Å². The highest BCUT2D eigenvalue weighted by Crippen LogP contribution is 2.22. The van der Waals surface area contributed by atoms with E-state index in [0.717, 1.165) is 22.7 Å². The molecule has 2 aromatic rings. The summed E-state index contributed by atoms with van der Waals surface area (Å²) in [4.78, 5) is 1.12. The molecule has 106 valence electrons. The third kappa shape index (κ3) is 3.49. The average Bonchev–Trinajstić information content (AvgIpc) is 2.45. The third-order valence-electron chi connectivity index (χ3n) is 2.92. The topological polar surface area (TPSA) is 32.3 Å². The van der Waals surface area contributed by atoms with Gasteiger partial charge in [-0.05, 0) is 42.7 Å². The molecule has 2 nitrogen and oxygen atoms in total. The number of thioether (sulfide) groups is 1. The van der Waals surface area contributed by atoms with Crippen molar-refractivity contribution in [2.45, 2.75) is 11.0 Å². The third-order valence-corrected chi connectivity index (χ3v) is 3.67. The molecular weight excluding hydrogens is 280 g/mol. The summed E-state index contributed by atoms with van der Waals surface area (Å²) in [6, 6.07) is 11.1. The number of halogens is 2. The van der Waals surface area contributed by atoms with Crippen LogP contribution in [0.1, 0.15) is 11.7 Å². The fourth-order valence-corrected chi connectivity index (χ4v) is 2.26. The van der Waals surface area contributed by atoms with Crippen LogP contribution in [-0.4, -0.2) is 17.9 Å². The Labute approximate surface area is 120 Å². The van der Waals surface area contributed by atoms with Gasteiger partial charge in [0, 0.05) is 17.1 Å². The van der Waals surface area contributed by atoms with Crippen molar-refractivity contribution in [2.24, 2.45) is 0 Å². The van der Waals surface area contributed by atoms with E-state index in [2.05, 4.69) is 5.32 Å². The summed E-state index contributed by atoms with van der Waals surface area (Å²) in [5, 5.41) is 12.9. The Balaban J connectivity index is 2.02. The van der Waals surface area contributed by atoms with Gasteiger partial charge in [0.2, 0.25) is 0 Å². The van der Waals surface area contributed by atoms with Gasteiger partial charge in [0.1, 0.15) is 17.7 Å². The zero-order chi connectivity index (χ0) is 14.5. The smallest absolute Gasteiger partial charge is 0.132 e. The second-order valence-electron chi connectivity index (χ2n) is 4.26. The van der Waals surface area contributed by atoms with Crippen molar-refractivity contribution in [3.8, 4) is 0 Å². The summed E-state index contributed by atoms with van der Waals surface area (Å²) in [6.07, 6.45) is 0.740. The zero-order valence-electron chi connectivity index (χ0n) is 10.9. The molecule has 20 heavy (non-hydrogen) atoms. The van der Waals surface area contributed by atoms with Crippen molar-refractivity contribution in [3.63, 3.8) is 0 Å². The van der Waals surface area contributed by atoms with Crippen molar-refractivity contribution in [1.29, 1.82) is 0 Å². The van der Waals surface area contributed by atoms with Gasteiger partial charge in [-0.15, -0.1) is 11.8 Å². The minimum Gasteiger partial charge on any atom is -0.386 e. The summed E-state index contributed by atoms with van der Waals surface area (Å²) >= 11 is 1.63. The van der Waals surface area contributed by atoms with Gasteiger partial charge in [0.05, 0.1) is 5.56 Å². The Bertz CT molecular complexity index is 554. The van der Waals surface area contributed by atoms with Gasteiger partial charge in [0.25, 0.3) is 0 Å². The van der Waals surface area contributed by atoms with E-state index in [4.69, 9.17) is 0 Å². The molecule has 0 radical (unpaired) electrons. The van der Waals surface area contributed by atoms with Crippen molar-refractivity contribution in [3.05, 3.63) is 59.7 Å². The molecule has 0 spiro atoms. The van der Waals surface area contributed by atoms with Gasteiger partial charge in [0.15, 0.2) is 0 Å². The van der Waals surface area contributed by atoms with Crippen molar-refractivity contribution in [1.82, 2.24) is 0 Å². The zero-order valence-corrected chi connectivity index (χ0v) is 11.8. The van der Waals surface area contributed by atoms with Crippen LogP contribution in [0, 0.1) is 11.6 Å². The van der Waals surface area contributed by atoms with Crippen LogP contribution in [0.2, 0.25) is 0 Å². The highest BCUT2D eigenvalue weighted by Gasteiger charge is 2.17. The van der Waals surface area contributed by atoms with Gasteiger partial charge >= 0.3 is 0 Å². The van der Waals surface area contributed by atoms with Crippen LogP contribution in [0.3, 0.4) is 0 Å². The maximum atomic E-state index is 13.5. The molecule has 0 aliphatic heterocycles. The van der Waals surface area contributed by atoms with E-state index in [9.17, 15) is 13.9 Å². The van der Waals surface area contributed by atoms with E-state index >= 15 is 0 Å². The molecule has 0 bridgehead atoms. The highest BCUT2D eigenvalue weighted by molar-refractivity contribution is 7.98. The minimum absolute atomic E-state index is 0.0382. The van der Waals surface area contributed by atoms with Crippen LogP contribution < -0.4 is 5.32 Å². The second-order valence-corrected chi connectivity index (χ2v) is 5.14. The van der Waals surface area contributed by atoms with Crippen LogP contribution in [0.4, 0.5) is 14.5 Å². The van der Waals surface area contributed by atoms with Crippen LogP contribution in [0.25, 0.3) is 0 Å². The summed E-state index contributed by atoms with van der Waals surface area (Å²) in [5.74, 6) is -1.48. The number of hydrogen-bond acceptors (Lipinski definition) is 3. The monoisotopic (exact) mass is 295 g/mol. The van der Waals surface area contributed by atoms with Gasteiger partial charge < -0.3 is 10.4 Å². The molecule has 0 amide bonds. The van der Waals surface area contributed by atoms with Crippen LogP contribution >= 0.6 is 11.8 Å². The normalized spacial score (nSPS) is 12.2. The van der Waals surface area contributed by atoms with Crippen molar-refractivity contribution < 1.29 is 13.9 Å². The molecule has 0 heterocycles. The van der Waals surface area contributed by atoms with E-state index in [1.165, 1.54) is 6.07 Å². The largest absolute Gasteiger partial charge is 0.386 e. The number of rotatable bonds is 5. The Kier molecular flexibility index (Phi) is 4.98.